The van der Waals surface area contributed by atoms with E-state index in [-0.39, 0.29) is 6.54 Å². The maximum absolute atomic E-state index is 10.6. The van der Waals surface area contributed by atoms with Gasteiger partial charge in [0.05, 0.1) is 18.0 Å². The summed E-state index contributed by atoms with van der Waals surface area (Å²) in [5.74, 6) is -0.439. The van der Waals surface area contributed by atoms with Crippen molar-refractivity contribution in [1.82, 2.24) is 5.12 Å². The number of anilines is 1. The number of halogens is 1. The Balaban J connectivity index is 2.71. The van der Waals surface area contributed by atoms with E-state index in [0.717, 1.165) is 11.3 Å². The van der Waals surface area contributed by atoms with Gasteiger partial charge in [0.2, 0.25) is 0 Å². The zero-order valence-corrected chi connectivity index (χ0v) is 11.4. The molecule has 8 heteroatoms. The smallest absolute Gasteiger partial charge is 0.266 e. The van der Waals surface area contributed by atoms with Gasteiger partial charge in [-0.15, -0.1) is 0 Å². The molecule has 0 unspecified atom stereocenters. The molecule has 0 spiro atoms. The molecule has 0 amide bonds. The quantitative estimate of drug-likeness (QED) is 0.474. The summed E-state index contributed by atoms with van der Waals surface area (Å²) in [5.41, 5.74) is 4.47. The molecular weight excluding hydrogens is 278 g/mol. The molecule has 0 fully saturated rings. The summed E-state index contributed by atoms with van der Waals surface area (Å²) in [4.78, 5) is 0. The van der Waals surface area contributed by atoms with Gasteiger partial charge < -0.3 is 0 Å². The van der Waals surface area contributed by atoms with Gasteiger partial charge in [0.25, 0.3) is 10.1 Å². The van der Waals surface area contributed by atoms with Gasteiger partial charge in [0.1, 0.15) is 0 Å². The molecule has 0 saturated carbocycles. The molecule has 6 nitrogen and oxygen atoms in total. The minimum absolute atomic E-state index is 0.0234. The van der Waals surface area contributed by atoms with Crippen molar-refractivity contribution in [2.45, 2.75) is 6.92 Å². The van der Waals surface area contributed by atoms with Crippen molar-refractivity contribution in [2.75, 3.05) is 17.7 Å². The first-order chi connectivity index (χ1) is 8.31. The highest BCUT2D eigenvalue weighted by Gasteiger charge is 2.09. The summed E-state index contributed by atoms with van der Waals surface area (Å²) in [7, 11) is -4.03. The van der Waals surface area contributed by atoms with Gasteiger partial charge in [-0.1, -0.05) is 11.6 Å². The molecule has 0 aliphatic heterocycles. The number of hydrogen-bond acceptors (Lipinski definition) is 5. The van der Waals surface area contributed by atoms with Crippen molar-refractivity contribution in [1.29, 1.82) is 0 Å². The van der Waals surface area contributed by atoms with Crippen molar-refractivity contribution in [3.63, 3.8) is 0 Å². The van der Waals surface area contributed by atoms with Crippen LogP contribution in [-0.2, 0) is 10.1 Å². The first kappa shape index (κ1) is 14.7. The number of rotatable bonds is 6. The van der Waals surface area contributed by atoms with Gasteiger partial charge in [-0.3, -0.25) is 9.98 Å². The number of hydrazone groups is 1. The first-order valence-electron chi connectivity index (χ1n) is 5.04. The fourth-order valence-corrected chi connectivity index (χ4v) is 1.89. The third-order valence-corrected chi connectivity index (χ3v) is 3.10. The molecule has 0 aliphatic rings. The van der Waals surface area contributed by atoms with Crippen LogP contribution in [0.5, 0.6) is 0 Å². The van der Waals surface area contributed by atoms with E-state index in [1.807, 2.05) is 6.92 Å². The van der Waals surface area contributed by atoms with Crippen LogP contribution >= 0.6 is 11.6 Å². The summed E-state index contributed by atoms with van der Waals surface area (Å²) in [6.45, 7) is 5.14. The Morgan fingerprint density at radius 2 is 2.22 bits per heavy atom. The van der Waals surface area contributed by atoms with Crippen LogP contribution in [0.3, 0.4) is 0 Å². The summed E-state index contributed by atoms with van der Waals surface area (Å²) in [6.07, 6.45) is 0. The maximum atomic E-state index is 10.6. The molecule has 100 valence electrons. The van der Waals surface area contributed by atoms with Gasteiger partial charge in [-0.05, 0) is 30.7 Å². The monoisotopic (exact) mass is 291 g/mol. The molecule has 0 aliphatic carbocycles. The highest BCUT2D eigenvalue weighted by atomic mass is 35.5. The summed E-state index contributed by atoms with van der Waals surface area (Å²) < 4.78 is 29.9. The van der Waals surface area contributed by atoms with Crippen LogP contribution in [0.25, 0.3) is 0 Å². The summed E-state index contributed by atoms with van der Waals surface area (Å²) in [5, 5.41) is 5.45. The fourth-order valence-electron chi connectivity index (χ4n) is 1.26. The lowest BCUT2D eigenvalue weighted by molar-refractivity contribution is 0.366. The molecular formula is C10H14ClN3O3S. The van der Waals surface area contributed by atoms with Crippen molar-refractivity contribution in [3.05, 3.63) is 28.8 Å². The van der Waals surface area contributed by atoms with E-state index in [0.29, 0.717) is 5.02 Å². The van der Waals surface area contributed by atoms with Crippen molar-refractivity contribution in [3.8, 4) is 0 Å². The molecule has 0 heterocycles. The van der Waals surface area contributed by atoms with Crippen molar-refractivity contribution < 1.29 is 13.0 Å². The number of nitrogens with one attached hydrogen (secondary N) is 1. The summed E-state index contributed by atoms with van der Waals surface area (Å²) >= 11 is 5.82. The number of aryl methyl sites for hydroxylation is 1. The number of hydrazine groups is 1. The molecule has 0 atom stereocenters. The topological polar surface area (TPSA) is 82.0 Å². The molecule has 1 rings (SSSR count). The minimum atomic E-state index is -4.03. The number of benzene rings is 1. The van der Waals surface area contributed by atoms with Crippen LogP contribution in [-0.4, -0.2) is 37.1 Å². The van der Waals surface area contributed by atoms with Crippen LogP contribution in [0.4, 0.5) is 5.69 Å². The van der Waals surface area contributed by atoms with E-state index in [4.69, 9.17) is 16.2 Å². The standard InChI is InChI=1S/C10H14ClN3O3S/c1-8-7-9(11)3-4-10(8)13-14(12-2)5-6-18(15,16)17/h3-4,7,13H,2,5-6H2,1H3,(H,15,16,17). The molecule has 0 bridgehead atoms. The van der Waals surface area contributed by atoms with Gasteiger partial charge in [-0.25, -0.2) is 5.12 Å². The Labute approximate surface area is 111 Å². The zero-order chi connectivity index (χ0) is 13.8. The first-order valence-corrected chi connectivity index (χ1v) is 7.02. The number of hydrogen-bond donors (Lipinski definition) is 2. The average Bonchev–Trinajstić information content (AvgIpc) is 2.25. The molecule has 0 radical (unpaired) electrons. The average molecular weight is 292 g/mol. The van der Waals surface area contributed by atoms with Crippen LogP contribution in [0.15, 0.2) is 23.3 Å². The Morgan fingerprint density at radius 1 is 1.56 bits per heavy atom. The Hall–Kier alpha value is -1.31. The van der Waals surface area contributed by atoms with E-state index < -0.39 is 15.9 Å². The second kappa shape index (κ2) is 6.03. The lowest BCUT2D eigenvalue weighted by Crippen LogP contribution is -2.29. The van der Waals surface area contributed by atoms with Crippen LogP contribution < -0.4 is 5.43 Å². The largest absolute Gasteiger partial charge is 0.285 e. The molecule has 18 heavy (non-hydrogen) atoms. The van der Waals surface area contributed by atoms with Crippen molar-refractivity contribution in [2.24, 2.45) is 5.10 Å². The number of nitrogens with zero attached hydrogens (tertiary/aromatic N) is 2. The second-order valence-corrected chi connectivity index (χ2v) is 5.63. The Morgan fingerprint density at radius 3 is 2.72 bits per heavy atom. The van der Waals surface area contributed by atoms with Crippen LogP contribution in [0.1, 0.15) is 5.56 Å². The van der Waals surface area contributed by atoms with Gasteiger partial charge >= 0.3 is 0 Å². The molecule has 0 saturated heterocycles. The highest BCUT2D eigenvalue weighted by molar-refractivity contribution is 7.85. The highest BCUT2D eigenvalue weighted by Crippen LogP contribution is 2.20. The van der Waals surface area contributed by atoms with E-state index in [1.165, 1.54) is 5.12 Å². The van der Waals surface area contributed by atoms with Gasteiger partial charge in [0, 0.05) is 11.7 Å². The second-order valence-electron chi connectivity index (χ2n) is 3.62. The van der Waals surface area contributed by atoms with Gasteiger partial charge in [0.15, 0.2) is 0 Å². The maximum Gasteiger partial charge on any atom is 0.266 e. The predicted molar refractivity (Wildman–Crippen MR) is 72.5 cm³/mol. The summed E-state index contributed by atoms with van der Waals surface area (Å²) in [6, 6.07) is 5.19. The van der Waals surface area contributed by atoms with Crippen LogP contribution in [0.2, 0.25) is 5.02 Å². The third-order valence-electron chi connectivity index (χ3n) is 2.17. The molecule has 1 aromatic rings. The lowest BCUT2D eigenvalue weighted by Gasteiger charge is -2.21. The lowest BCUT2D eigenvalue weighted by atomic mass is 10.2. The predicted octanol–water partition coefficient (Wildman–Crippen LogP) is 1.78. The van der Waals surface area contributed by atoms with E-state index in [2.05, 4.69) is 17.2 Å². The van der Waals surface area contributed by atoms with E-state index >= 15 is 0 Å². The molecule has 2 N–H and O–H groups in total. The van der Waals surface area contributed by atoms with Crippen molar-refractivity contribution >= 4 is 34.1 Å². The minimum Gasteiger partial charge on any atom is -0.285 e. The third kappa shape index (κ3) is 4.91. The van der Waals surface area contributed by atoms with E-state index in [9.17, 15) is 8.42 Å². The Kier molecular flexibility index (Phi) is 4.94. The van der Waals surface area contributed by atoms with Crippen LogP contribution in [0, 0.1) is 6.92 Å². The zero-order valence-electron chi connectivity index (χ0n) is 9.80. The Bertz CT molecular complexity index is 533. The molecule has 0 aromatic heterocycles. The SMILES string of the molecule is C=NN(CCS(=O)(=O)O)Nc1ccc(Cl)cc1C. The van der Waals surface area contributed by atoms with Gasteiger partial charge in [-0.2, -0.15) is 13.5 Å². The fraction of sp³-hybridized carbons (Fsp3) is 0.300. The van der Waals surface area contributed by atoms with E-state index in [1.54, 1.807) is 18.2 Å². The molecule has 1 aromatic carbocycles. The normalized spacial score (nSPS) is 11.1.